The van der Waals surface area contributed by atoms with Crippen molar-refractivity contribution in [3.05, 3.63) is 0 Å². The Labute approximate surface area is 188 Å². The van der Waals surface area contributed by atoms with Gasteiger partial charge < -0.3 is 20.4 Å². The summed E-state index contributed by atoms with van der Waals surface area (Å²) in [6.45, 7) is 6.69. The van der Waals surface area contributed by atoms with Crippen molar-refractivity contribution in [2.24, 2.45) is 16.3 Å². The molecule has 0 aromatic heterocycles. The van der Waals surface area contributed by atoms with Gasteiger partial charge in [-0.25, -0.2) is 0 Å². The monoisotopic (exact) mass is 505 g/mol. The lowest BCUT2D eigenvalue weighted by Crippen LogP contribution is -2.51. The molecule has 2 N–H and O–H groups in total. The van der Waals surface area contributed by atoms with Crippen molar-refractivity contribution in [3.8, 4) is 0 Å². The molecule has 0 aromatic carbocycles. The zero-order valence-electron chi connectivity index (χ0n) is 18.0. The molecule has 1 spiro atoms. The summed E-state index contributed by atoms with van der Waals surface area (Å²) in [5.74, 6) is 2.02. The van der Waals surface area contributed by atoms with E-state index in [4.69, 9.17) is 4.99 Å². The number of hydrogen-bond donors (Lipinski definition) is 2. The Morgan fingerprint density at radius 3 is 2.68 bits per heavy atom. The first-order valence-electron chi connectivity index (χ1n) is 11.0. The second-order valence-electron chi connectivity index (χ2n) is 9.10. The summed E-state index contributed by atoms with van der Waals surface area (Å²) in [4.78, 5) is 21.7. The van der Waals surface area contributed by atoms with Gasteiger partial charge in [0, 0.05) is 44.1 Å². The fourth-order valence-corrected chi connectivity index (χ4v) is 5.29. The zero-order chi connectivity index (χ0) is 19.3. The van der Waals surface area contributed by atoms with Gasteiger partial charge in [0.25, 0.3) is 0 Å². The van der Waals surface area contributed by atoms with Crippen molar-refractivity contribution in [2.45, 2.75) is 64.3 Å². The Hall–Kier alpha value is -0.570. The normalized spacial score (nSPS) is 27.6. The smallest absolute Gasteiger partial charge is 0.220 e. The van der Waals surface area contributed by atoms with E-state index in [0.29, 0.717) is 12.5 Å². The largest absolute Gasteiger partial charge is 0.357 e. The molecule has 6 nitrogen and oxygen atoms in total. The number of carbonyl (C=O) groups is 1. The minimum absolute atomic E-state index is 0. The van der Waals surface area contributed by atoms with Crippen molar-refractivity contribution in [3.63, 3.8) is 0 Å². The van der Waals surface area contributed by atoms with Crippen LogP contribution in [-0.2, 0) is 4.79 Å². The van der Waals surface area contributed by atoms with Gasteiger partial charge in [-0.2, -0.15) is 0 Å². The van der Waals surface area contributed by atoms with E-state index in [-0.39, 0.29) is 35.3 Å². The van der Waals surface area contributed by atoms with Crippen molar-refractivity contribution >= 4 is 35.8 Å². The number of amides is 1. The number of rotatable bonds is 5. The Balaban J connectivity index is 0.00000280. The van der Waals surface area contributed by atoms with Gasteiger partial charge in [-0.05, 0) is 52.6 Å². The molecular formula is C21H40IN5O. The predicted octanol–water partition coefficient (Wildman–Crippen LogP) is 2.68. The highest BCUT2D eigenvalue weighted by atomic mass is 127. The van der Waals surface area contributed by atoms with Crippen molar-refractivity contribution < 1.29 is 4.79 Å². The molecule has 2 heterocycles. The second-order valence-corrected chi connectivity index (χ2v) is 9.10. The first kappa shape index (κ1) is 23.7. The van der Waals surface area contributed by atoms with E-state index >= 15 is 0 Å². The van der Waals surface area contributed by atoms with Crippen LogP contribution >= 0.6 is 24.0 Å². The molecule has 0 bridgehead atoms. The van der Waals surface area contributed by atoms with Crippen LogP contribution in [0.5, 0.6) is 0 Å². The number of carbonyl (C=O) groups excluding carboxylic acids is 1. The summed E-state index contributed by atoms with van der Waals surface area (Å²) in [5, 5.41) is 6.57. The van der Waals surface area contributed by atoms with Crippen molar-refractivity contribution in [2.75, 3.05) is 46.8 Å². The predicted molar refractivity (Wildman–Crippen MR) is 126 cm³/mol. The van der Waals surface area contributed by atoms with Gasteiger partial charge in [0.15, 0.2) is 5.96 Å². The number of likely N-dealkylation sites (N-methyl/N-ethyl adjacent to an activating group) is 1. The number of halogens is 1. The summed E-state index contributed by atoms with van der Waals surface area (Å²) in [5.41, 5.74) is 0.107. The number of hydrogen-bond acceptors (Lipinski definition) is 3. The molecule has 3 aliphatic rings. The first-order valence-corrected chi connectivity index (χ1v) is 11.0. The highest BCUT2D eigenvalue weighted by molar-refractivity contribution is 14.0. The van der Waals surface area contributed by atoms with E-state index in [0.717, 1.165) is 57.4 Å². The summed E-state index contributed by atoms with van der Waals surface area (Å²) in [6.07, 6.45) is 9.77. The topological polar surface area (TPSA) is 60.0 Å². The number of guanidine groups is 1. The molecule has 3 rings (SSSR count). The molecule has 2 atom stereocenters. The molecule has 0 aromatic rings. The molecule has 2 aliphatic heterocycles. The van der Waals surface area contributed by atoms with Crippen LogP contribution in [0.2, 0.25) is 0 Å². The maximum absolute atomic E-state index is 11.8. The van der Waals surface area contributed by atoms with E-state index < -0.39 is 0 Å². The number of likely N-dealkylation sites (tertiary alicyclic amines) is 1. The Morgan fingerprint density at radius 2 is 2.07 bits per heavy atom. The molecular weight excluding hydrogens is 465 g/mol. The molecule has 162 valence electrons. The van der Waals surface area contributed by atoms with E-state index in [1.807, 2.05) is 0 Å². The lowest BCUT2D eigenvalue weighted by Gasteiger charge is -2.41. The van der Waals surface area contributed by atoms with E-state index in [9.17, 15) is 4.79 Å². The summed E-state index contributed by atoms with van der Waals surface area (Å²) in [6, 6.07) is 0.521. The van der Waals surface area contributed by atoms with Crippen LogP contribution < -0.4 is 10.6 Å². The molecule has 1 aliphatic carbocycles. The van der Waals surface area contributed by atoms with Crippen molar-refractivity contribution in [1.82, 2.24) is 20.4 Å². The van der Waals surface area contributed by atoms with Gasteiger partial charge in [-0.15, -0.1) is 24.0 Å². The maximum atomic E-state index is 11.8. The SMILES string of the molecule is CCNC(=NCC(C1CCCCC1)N(C)C)N1CCCC2(CNC(=O)C2)C1.I. The van der Waals surface area contributed by atoms with Crippen LogP contribution in [0.4, 0.5) is 0 Å². The summed E-state index contributed by atoms with van der Waals surface area (Å²) >= 11 is 0. The zero-order valence-corrected chi connectivity index (χ0v) is 20.3. The van der Waals surface area contributed by atoms with E-state index in [1.165, 1.54) is 32.1 Å². The van der Waals surface area contributed by atoms with Gasteiger partial charge in [-0.1, -0.05) is 19.3 Å². The van der Waals surface area contributed by atoms with Gasteiger partial charge in [0.05, 0.1) is 6.54 Å². The molecule has 7 heteroatoms. The molecule has 28 heavy (non-hydrogen) atoms. The van der Waals surface area contributed by atoms with Crippen LogP contribution in [0.1, 0.15) is 58.3 Å². The Morgan fingerprint density at radius 1 is 1.32 bits per heavy atom. The molecule has 2 saturated heterocycles. The van der Waals surface area contributed by atoms with Gasteiger partial charge >= 0.3 is 0 Å². The van der Waals surface area contributed by atoms with Gasteiger partial charge in [0.2, 0.25) is 5.91 Å². The molecule has 2 unspecified atom stereocenters. The van der Waals surface area contributed by atoms with Gasteiger partial charge in [0.1, 0.15) is 0 Å². The highest BCUT2D eigenvalue weighted by Gasteiger charge is 2.42. The van der Waals surface area contributed by atoms with Gasteiger partial charge in [-0.3, -0.25) is 9.79 Å². The lowest BCUT2D eigenvalue weighted by molar-refractivity contribution is -0.119. The van der Waals surface area contributed by atoms with E-state index in [2.05, 4.69) is 41.5 Å². The third-order valence-electron chi connectivity index (χ3n) is 6.78. The number of nitrogens with zero attached hydrogens (tertiary/aromatic N) is 3. The third kappa shape index (κ3) is 5.97. The van der Waals surface area contributed by atoms with Crippen LogP contribution in [0.3, 0.4) is 0 Å². The third-order valence-corrected chi connectivity index (χ3v) is 6.78. The fraction of sp³-hybridized carbons (Fsp3) is 0.905. The van der Waals surface area contributed by atoms with Crippen LogP contribution in [-0.4, -0.2) is 74.5 Å². The Bertz CT molecular complexity index is 535. The summed E-state index contributed by atoms with van der Waals surface area (Å²) < 4.78 is 0. The van der Waals surface area contributed by atoms with Crippen LogP contribution in [0.15, 0.2) is 4.99 Å². The number of nitrogens with one attached hydrogen (secondary N) is 2. The average Bonchev–Trinajstić information content (AvgIpc) is 3.01. The molecule has 1 saturated carbocycles. The van der Waals surface area contributed by atoms with E-state index in [1.54, 1.807) is 0 Å². The minimum atomic E-state index is 0. The standard InChI is InChI=1S/C21H39N5O.HI/c1-4-22-20(23-14-18(25(2)3)17-9-6-5-7-10-17)26-12-8-11-21(16-26)13-19(27)24-15-21;/h17-18H,4-16H2,1-3H3,(H,22,23)(H,24,27);1H. The summed E-state index contributed by atoms with van der Waals surface area (Å²) in [7, 11) is 4.40. The first-order chi connectivity index (χ1) is 13.0. The highest BCUT2D eigenvalue weighted by Crippen LogP contribution is 2.36. The van der Waals surface area contributed by atoms with Crippen LogP contribution in [0.25, 0.3) is 0 Å². The molecule has 3 fully saturated rings. The van der Waals surface area contributed by atoms with Crippen molar-refractivity contribution in [1.29, 1.82) is 0 Å². The lowest BCUT2D eigenvalue weighted by atomic mass is 9.79. The quantitative estimate of drug-likeness (QED) is 0.343. The Kier molecular flexibility index (Phi) is 9.31. The second kappa shape index (κ2) is 11.0. The molecule has 0 radical (unpaired) electrons. The average molecular weight is 505 g/mol. The molecule has 1 amide bonds. The number of aliphatic imine (C=N–C) groups is 1. The maximum Gasteiger partial charge on any atom is 0.220 e. The fourth-order valence-electron chi connectivity index (χ4n) is 5.29. The minimum Gasteiger partial charge on any atom is -0.357 e. The number of piperidine rings is 1. The van der Waals surface area contributed by atoms with Crippen LogP contribution in [0, 0.1) is 11.3 Å².